The number of aromatic amines is 1. The van der Waals surface area contributed by atoms with Crippen LogP contribution < -0.4 is 4.57 Å². The van der Waals surface area contributed by atoms with Crippen LogP contribution in [0.4, 0.5) is 0 Å². The number of aryl methyl sites for hydroxylation is 1. The maximum Gasteiger partial charge on any atom is 0.294 e. The molecule has 0 spiro atoms. The molecule has 1 N–H and O–H groups in total. The quantitative estimate of drug-likeness (QED) is 0.189. The van der Waals surface area contributed by atoms with Crippen molar-refractivity contribution in [1.82, 2.24) is 4.98 Å². The average molecular weight is 605 g/mol. The summed E-state index contributed by atoms with van der Waals surface area (Å²) >= 11 is 1.77. The Kier molecular flexibility index (Phi) is 5.85. The molecule has 0 radical (unpaired) electrons. The van der Waals surface area contributed by atoms with Crippen molar-refractivity contribution in [2.24, 2.45) is 0 Å². The minimum Gasteiger partial charge on any atom is -0.236 e. The lowest BCUT2D eigenvalue weighted by atomic mass is 9.88. The van der Waals surface area contributed by atoms with E-state index in [1.807, 2.05) is 12.1 Å². The molecule has 3 heteroatoms. The van der Waals surface area contributed by atoms with E-state index in [0.717, 1.165) is 37.9 Å². The van der Waals surface area contributed by atoms with Crippen LogP contribution >= 0.6 is 11.3 Å². The monoisotopic (exact) mass is 604 g/mol. The molecule has 0 aliphatic heterocycles. The van der Waals surface area contributed by atoms with Crippen molar-refractivity contribution >= 4 is 53.3 Å². The Labute approximate surface area is 272 Å². The second-order valence-electron chi connectivity index (χ2n) is 12.7. The first kappa shape index (κ1) is 24.6. The fraction of sp³-hybridized carbons (Fsp3) is 0.167. The maximum atomic E-state index is 7.93. The Bertz CT molecular complexity index is 2470. The van der Waals surface area contributed by atoms with Gasteiger partial charge in [0.05, 0.1) is 10.3 Å². The summed E-state index contributed by atoms with van der Waals surface area (Å²) in [6, 6.07) is 40.5. The summed E-state index contributed by atoms with van der Waals surface area (Å²) in [6.45, 7) is 7.04. The van der Waals surface area contributed by atoms with E-state index >= 15 is 0 Å². The number of fused-ring (bicyclic) bond motifs is 5. The van der Waals surface area contributed by atoms with Crippen LogP contribution in [0.25, 0.3) is 70.2 Å². The third kappa shape index (κ3) is 4.57. The van der Waals surface area contributed by atoms with Crippen LogP contribution in [0.1, 0.15) is 60.3 Å². The number of hydrogen-bond donors (Lipinski definition) is 1. The first-order chi connectivity index (χ1) is 23.1. The summed E-state index contributed by atoms with van der Waals surface area (Å²) < 4.78 is 28.6. The molecular weight excluding hydrogens is 565 g/mol. The highest BCUT2D eigenvalue weighted by atomic mass is 32.1. The van der Waals surface area contributed by atoms with Gasteiger partial charge < -0.3 is 0 Å². The minimum atomic E-state index is -2.14. The normalized spacial score (nSPS) is 13.3. The summed E-state index contributed by atoms with van der Waals surface area (Å²) in [5.74, 6) is 1.64. The van der Waals surface area contributed by atoms with Crippen LogP contribution in [0.15, 0.2) is 115 Å². The Balaban J connectivity index is 1.42. The molecule has 45 heavy (non-hydrogen) atoms. The molecule has 0 aliphatic carbocycles. The lowest BCUT2D eigenvalue weighted by Gasteiger charge is -2.20. The number of para-hydroxylation sites is 2. The molecule has 0 bridgehead atoms. The minimum absolute atomic E-state index is 0.294. The molecule has 2 aromatic heterocycles. The highest BCUT2D eigenvalue weighted by Gasteiger charge is 2.30. The van der Waals surface area contributed by atoms with Crippen LogP contribution in [0, 0.1) is 6.85 Å². The number of aromatic nitrogens is 2. The SMILES string of the molecule is [2H]C([2H])([2H])c1ccc2cc3c(cc2c1)sc1c(-c2[nH]c4ccccc4[n+]2-c2c(C(C)C)cc(-c4ccccc4)cc2C(C)C)cccc13. The highest BCUT2D eigenvalue weighted by Crippen LogP contribution is 2.42. The molecule has 0 aliphatic rings. The summed E-state index contributed by atoms with van der Waals surface area (Å²) in [7, 11) is 0. The smallest absolute Gasteiger partial charge is 0.236 e. The molecule has 0 unspecified atom stereocenters. The number of nitrogens with zero attached hydrogens (tertiary/aromatic N) is 1. The molecule has 0 saturated carbocycles. The summed E-state index contributed by atoms with van der Waals surface area (Å²) in [5.41, 5.74) is 10.1. The van der Waals surface area contributed by atoms with Gasteiger partial charge in [0.2, 0.25) is 0 Å². The highest BCUT2D eigenvalue weighted by molar-refractivity contribution is 7.26. The number of rotatable bonds is 5. The van der Waals surface area contributed by atoms with Gasteiger partial charge in [-0.3, -0.25) is 0 Å². The van der Waals surface area contributed by atoms with Gasteiger partial charge >= 0.3 is 0 Å². The molecule has 8 rings (SSSR count). The molecule has 6 aromatic carbocycles. The van der Waals surface area contributed by atoms with Gasteiger partial charge in [0, 0.05) is 30.7 Å². The Morgan fingerprint density at radius 2 is 1.42 bits per heavy atom. The van der Waals surface area contributed by atoms with Gasteiger partial charge in [0.15, 0.2) is 11.0 Å². The van der Waals surface area contributed by atoms with Gasteiger partial charge in [-0.2, -0.15) is 4.57 Å². The van der Waals surface area contributed by atoms with E-state index in [9.17, 15) is 0 Å². The average Bonchev–Trinajstić information content (AvgIpc) is 3.64. The molecule has 0 atom stereocenters. The number of benzene rings is 6. The van der Waals surface area contributed by atoms with E-state index in [-0.39, 0.29) is 0 Å². The van der Waals surface area contributed by atoms with E-state index < -0.39 is 6.85 Å². The number of nitrogens with one attached hydrogen (secondary N) is 1. The van der Waals surface area contributed by atoms with Crippen molar-refractivity contribution in [3.8, 4) is 28.2 Å². The van der Waals surface area contributed by atoms with Crippen molar-refractivity contribution in [2.45, 2.75) is 46.4 Å². The number of thiophene rings is 1. The molecule has 220 valence electrons. The van der Waals surface area contributed by atoms with Crippen LogP contribution in [0.5, 0.6) is 0 Å². The van der Waals surface area contributed by atoms with Crippen molar-refractivity contribution in [1.29, 1.82) is 0 Å². The predicted molar refractivity (Wildman–Crippen MR) is 194 cm³/mol. The number of hydrogen-bond acceptors (Lipinski definition) is 1. The molecule has 8 aromatic rings. The predicted octanol–water partition coefficient (Wildman–Crippen LogP) is 11.9. The Morgan fingerprint density at radius 1 is 0.667 bits per heavy atom. The maximum absolute atomic E-state index is 7.93. The molecule has 2 heterocycles. The Hall–Kier alpha value is -4.73. The fourth-order valence-corrected chi connectivity index (χ4v) is 8.09. The van der Waals surface area contributed by atoms with Gasteiger partial charge in [-0.15, -0.1) is 11.3 Å². The van der Waals surface area contributed by atoms with Gasteiger partial charge in [0.1, 0.15) is 5.69 Å². The van der Waals surface area contributed by atoms with Gasteiger partial charge in [0.25, 0.3) is 5.82 Å². The number of imidazole rings is 1. The van der Waals surface area contributed by atoms with Crippen molar-refractivity contribution in [2.75, 3.05) is 0 Å². The topological polar surface area (TPSA) is 19.7 Å². The van der Waals surface area contributed by atoms with E-state index in [0.29, 0.717) is 17.4 Å². The third-order valence-corrected chi connectivity index (χ3v) is 10.3. The molecule has 0 fully saturated rings. The fourth-order valence-electron chi connectivity index (χ4n) is 6.84. The van der Waals surface area contributed by atoms with E-state index in [1.165, 1.54) is 43.4 Å². The zero-order valence-corrected chi connectivity index (χ0v) is 26.8. The zero-order chi connectivity index (χ0) is 33.3. The number of H-pyrrole nitrogens is 1. The third-order valence-electron chi connectivity index (χ3n) is 9.08. The summed E-state index contributed by atoms with van der Waals surface area (Å²) in [6.07, 6.45) is 0. The van der Waals surface area contributed by atoms with E-state index in [4.69, 9.17) is 4.11 Å². The van der Waals surface area contributed by atoms with Gasteiger partial charge in [-0.25, -0.2) is 4.98 Å². The van der Waals surface area contributed by atoms with Crippen molar-refractivity contribution in [3.05, 3.63) is 132 Å². The molecule has 0 amide bonds. The largest absolute Gasteiger partial charge is 0.294 e. The molecular formula is C42H37N2S+. The second-order valence-corrected chi connectivity index (χ2v) is 13.8. The second kappa shape index (κ2) is 10.7. The van der Waals surface area contributed by atoms with Crippen molar-refractivity contribution < 1.29 is 8.68 Å². The van der Waals surface area contributed by atoms with E-state index in [1.54, 1.807) is 17.4 Å². The van der Waals surface area contributed by atoms with Crippen LogP contribution in [0.2, 0.25) is 0 Å². The van der Waals surface area contributed by atoms with Crippen LogP contribution in [-0.4, -0.2) is 4.98 Å². The van der Waals surface area contributed by atoms with Gasteiger partial charge in [-0.1, -0.05) is 106 Å². The first-order valence-corrected chi connectivity index (χ1v) is 16.6. The summed E-state index contributed by atoms with van der Waals surface area (Å²) in [4.78, 5) is 3.86. The molecule has 0 saturated heterocycles. The Morgan fingerprint density at radius 3 is 2.18 bits per heavy atom. The summed E-state index contributed by atoms with van der Waals surface area (Å²) in [5, 5.41) is 4.38. The van der Waals surface area contributed by atoms with Crippen LogP contribution in [-0.2, 0) is 0 Å². The zero-order valence-electron chi connectivity index (χ0n) is 29.0. The van der Waals surface area contributed by atoms with Gasteiger partial charge in [-0.05, 0) is 83.1 Å². The van der Waals surface area contributed by atoms with E-state index in [2.05, 4.69) is 134 Å². The lowest BCUT2D eigenvalue weighted by Crippen LogP contribution is -2.35. The standard InChI is InChI=1S/C42H36N2S/c1-25(2)34-22-31(28-12-7-6-8-13-28)23-35(26(3)4)40(34)44-38-17-10-9-16-37(38)43-42(44)33-15-11-14-32-36-21-29-19-18-27(5)20-30(29)24-39(36)45-41(32)33/h6-26H,1-5H3/p+1/i5D3. The molecule has 2 nitrogen and oxygen atoms in total. The first-order valence-electron chi connectivity index (χ1n) is 17.2. The lowest BCUT2D eigenvalue weighted by molar-refractivity contribution is -0.556. The van der Waals surface area contributed by atoms with Crippen LogP contribution in [0.3, 0.4) is 0 Å². The van der Waals surface area contributed by atoms with Crippen molar-refractivity contribution in [3.63, 3.8) is 0 Å².